The number of ketones is 1. The van der Waals surface area contributed by atoms with Gasteiger partial charge < -0.3 is 10.4 Å². The van der Waals surface area contributed by atoms with Gasteiger partial charge in [0.05, 0.1) is 12.3 Å². The predicted octanol–water partition coefficient (Wildman–Crippen LogP) is 4.33. The van der Waals surface area contributed by atoms with Gasteiger partial charge >= 0.3 is 0 Å². The van der Waals surface area contributed by atoms with Crippen molar-refractivity contribution in [2.45, 2.75) is 24.5 Å². The van der Waals surface area contributed by atoms with Gasteiger partial charge in [-0.05, 0) is 48.2 Å². The molecular formula is C29H27N3O4S. The number of thioether (sulfide) groups is 1. The highest BCUT2D eigenvalue weighted by atomic mass is 32.2. The van der Waals surface area contributed by atoms with E-state index >= 15 is 0 Å². The van der Waals surface area contributed by atoms with E-state index in [0.717, 1.165) is 30.2 Å². The number of carbonyl (C=O) groups is 2. The molecule has 3 aromatic carbocycles. The first-order valence-corrected chi connectivity index (χ1v) is 12.9. The molecule has 0 saturated carbocycles. The van der Waals surface area contributed by atoms with E-state index in [-0.39, 0.29) is 29.4 Å². The van der Waals surface area contributed by atoms with E-state index in [2.05, 4.69) is 10.3 Å². The largest absolute Gasteiger partial charge is 0.508 e. The summed E-state index contributed by atoms with van der Waals surface area (Å²) >= 11 is 1.14. The second kappa shape index (κ2) is 12.7. The molecule has 188 valence electrons. The topological polar surface area (TPSA) is 101 Å². The van der Waals surface area contributed by atoms with Crippen LogP contribution in [0.1, 0.15) is 38.3 Å². The zero-order valence-electron chi connectivity index (χ0n) is 20.2. The molecule has 1 amide bonds. The second-order valence-electron chi connectivity index (χ2n) is 8.44. The first-order chi connectivity index (χ1) is 18.0. The number of benzene rings is 3. The number of aryl methyl sites for hydroxylation is 1. The van der Waals surface area contributed by atoms with E-state index in [1.54, 1.807) is 12.1 Å². The third-order valence-electron chi connectivity index (χ3n) is 5.73. The maximum Gasteiger partial charge on any atom is 0.267 e. The Bertz CT molecular complexity index is 1410. The molecule has 0 unspecified atom stereocenters. The van der Waals surface area contributed by atoms with Gasteiger partial charge in [-0.3, -0.25) is 19.0 Å². The summed E-state index contributed by atoms with van der Waals surface area (Å²) in [4.78, 5) is 43.2. The van der Waals surface area contributed by atoms with E-state index < -0.39 is 11.5 Å². The van der Waals surface area contributed by atoms with Crippen molar-refractivity contribution in [1.29, 1.82) is 0 Å². The van der Waals surface area contributed by atoms with Crippen LogP contribution in [0.3, 0.4) is 0 Å². The van der Waals surface area contributed by atoms with Crippen LogP contribution >= 0.6 is 11.8 Å². The molecule has 0 radical (unpaired) electrons. The van der Waals surface area contributed by atoms with Crippen molar-refractivity contribution in [3.05, 3.63) is 124 Å². The van der Waals surface area contributed by atoms with Gasteiger partial charge in [0.1, 0.15) is 11.3 Å². The monoisotopic (exact) mass is 513 g/mol. The molecule has 0 aliphatic carbocycles. The van der Waals surface area contributed by atoms with Gasteiger partial charge in [-0.1, -0.05) is 72.4 Å². The first-order valence-electron chi connectivity index (χ1n) is 11.9. The standard InChI is InChI=1S/C29H27N3O4S/c33-24-15-13-23(14-16-24)26(34)20-37-29-31-18-25(28(36)32(29)19-22-10-5-2-6-11-22)27(35)30-17-7-12-21-8-3-1-4-9-21/h1-6,8-11,13-16,18,33H,7,12,17,19-20H2,(H,30,35). The number of aromatic nitrogens is 2. The van der Waals surface area contributed by atoms with Crippen LogP contribution in [0.25, 0.3) is 0 Å². The van der Waals surface area contributed by atoms with Gasteiger partial charge in [-0.15, -0.1) is 0 Å². The van der Waals surface area contributed by atoms with E-state index in [0.29, 0.717) is 17.3 Å². The Kier molecular flexibility index (Phi) is 8.89. The van der Waals surface area contributed by atoms with Crippen LogP contribution in [-0.4, -0.2) is 38.6 Å². The molecule has 4 aromatic rings. The lowest BCUT2D eigenvalue weighted by atomic mass is 10.1. The van der Waals surface area contributed by atoms with Crippen molar-refractivity contribution < 1.29 is 14.7 Å². The summed E-state index contributed by atoms with van der Waals surface area (Å²) in [6.45, 7) is 0.654. The SMILES string of the molecule is O=C(CSc1ncc(C(=O)NCCCc2ccccc2)c(=O)n1Cc1ccccc1)c1ccc(O)cc1. The summed E-state index contributed by atoms with van der Waals surface area (Å²) in [5.41, 5.74) is 2.02. The molecule has 1 aromatic heterocycles. The number of hydrogen-bond donors (Lipinski definition) is 2. The molecule has 8 heteroatoms. The van der Waals surface area contributed by atoms with Crippen LogP contribution in [0.4, 0.5) is 0 Å². The molecule has 7 nitrogen and oxygen atoms in total. The fourth-order valence-corrected chi connectivity index (χ4v) is 4.61. The average molecular weight is 514 g/mol. The number of hydrogen-bond acceptors (Lipinski definition) is 6. The maximum atomic E-state index is 13.4. The van der Waals surface area contributed by atoms with Crippen LogP contribution in [0.15, 0.2) is 101 Å². The van der Waals surface area contributed by atoms with Crippen molar-refractivity contribution in [1.82, 2.24) is 14.9 Å². The number of carbonyl (C=O) groups excluding carboxylic acids is 2. The van der Waals surface area contributed by atoms with Crippen molar-refractivity contribution in [2.24, 2.45) is 0 Å². The number of phenolic OH excluding ortho intramolecular Hbond substituents is 1. The highest BCUT2D eigenvalue weighted by Gasteiger charge is 2.18. The molecule has 0 aliphatic rings. The number of rotatable bonds is 11. The zero-order chi connectivity index (χ0) is 26.0. The van der Waals surface area contributed by atoms with Crippen molar-refractivity contribution >= 4 is 23.5 Å². The van der Waals surface area contributed by atoms with Crippen molar-refractivity contribution in [2.75, 3.05) is 12.3 Å². The van der Waals surface area contributed by atoms with Gasteiger partial charge in [0.15, 0.2) is 10.9 Å². The summed E-state index contributed by atoms with van der Waals surface area (Å²) in [7, 11) is 0. The summed E-state index contributed by atoms with van der Waals surface area (Å²) in [5, 5.41) is 12.6. The van der Waals surface area contributed by atoms with Crippen molar-refractivity contribution in [3.63, 3.8) is 0 Å². The van der Waals surface area contributed by atoms with Gasteiger partial charge in [0, 0.05) is 18.3 Å². The molecule has 1 heterocycles. The quantitative estimate of drug-likeness (QED) is 0.134. The van der Waals surface area contributed by atoms with Crippen LogP contribution < -0.4 is 10.9 Å². The van der Waals surface area contributed by atoms with Gasteiger partial charge in [-0.25, -0.2) is 4.98 Å². The highest BCUT2D eigenvalue weighted by Crippen LogP contribution is 2.19. The Morgan fingerprint density at radius 3 is 2.22 bits per heavy atom. The van der Waals surface area contributed by atoms with E-state index in [9.17, 15) is 19.5 Å². The van der Waals surface area contributed by atoms with E-state index in [1.165, 1.54) is 28.5 Å². The molecule has 0 atom stereocenters. The highest BCUT2D eigenvalue weighted by molar-refractivity contribution is 7.99. The van der Waals surface area contributed by atoms with Crippen LogP contribution in [0.2, 0.25) is 0 Å². The van der Waals surface area contributed by atoms with Crippen LogP contribution in [-0.2, 0) is 13.0 Å². The fourth-order valence-electron chi connectivity index (χ4n) is 3.75. The van der Waals surface area contributed by atoms with Gasteiger partial charge in [-0.2, -0.15) is 0 Å². The molecule has 0 spiro atoms. The summed E-state index contributed by atoms with van der Waals surface area (Å²) in [6.07, 6.45) is 2.85. The molecule has 0 bridgehead atoms. The van der Waals surface area contributed by atoms with E-state index in [4.69, 9.17) is 0 Å². The number of nitrogens with one attached hydrogen (secondary N) is 1. The third kappa shape index (κ3) is 7.17. The molecule has 0 aliphatic heterocycles. The lowest BCUT2D eigenvalue weighted by molar-refractivity contribution is 0.0949. The van der Waals surface area contributed by atoms with Gasteiger partial charge in [0.25, 0.3) is 11.5 Å². The van der Waals surface area contributed by atoms with Crippen LogP contribution in [0.5, 0.6) is 5.75 Å². The molecular weight excluding hydrogens is 486 g/mol. The Morgan fingerprint density at radius 1 is 0.892 bits per heavy atom. The summed E-state index contributed by atoms with van der Waals surface area (Å²) in [5.74, 6) is -0.497. The molecule has 37 heavy (non-hydrogen) atoms. The maximum absolute atomic E-state index is 13.4. The lowest BCUT2D eigenvalue weighted by Gasteiger charge is -2.13. The summed E-state index contributed by atoms with van der Waals surface area (Å²) in [6, 6.07) is 25.4. The number of aromatic hydroxyl groups is 1. The minimum atomic E-state index is -0.468. The number of nitrogens with zero attached hydrogens (tertiary/aromatic N) is 2. The van der Waals surface area contributed by atoms with Crippen LogP contribution in [0, 0.1) is 0 Å². The third-order valence-corrected chi connectivity index (χ3v) is 6.72. The Balaban J connectivity index is 1.48. The Morgan fingerprint density at radius 2 is 1.54 bits per heavy atom. The van der Waals surface area contributed by atoms with E-state index in [1.807, 2.05) is 60.7 Å². The minimum Gasteiger partial charge on any atom is -0.508 e. The van der Waals surface area contributed by atoms with Crippen molar-refractivity contribution in [3.8, 4) is 5.75 Å². The zero-order valence-corrected chi connectivity index (χ0v) is 21.0. The predicted molar refractivity (Wildman–Crippen MR) is 144 cm³/mol. The Hall–Kier alpha value is -4.17. The number of amides is 1. The average Bonchev–Trinajstić information content (AvgIpc) is 2.92. The smallest absolute Gasteiger partial charge is 0.267 e. The number of phenols is 1. The normalized spacial score (nSPS) is 10.7. The van der Waals surface area contributed by atoms with Gasteiger partial charge in [0.2, 0.25) is 0 Å². The summed E-state index contributed by atoms with van der Waals surface area (Å²) < 4.78 is 1.43. The first kappa shape index (κ1) is 25.9. The lowest BCUT2D eigenvalue weighted by Crippen LogP contribution is -2.35. The second-order valence-corrected chi connectivity index (χ2v) is 9.38. The fraction of sp³-hybridized carbons (Fsp3) is 0.172. The molecule has 0 fully saturated rings. The molecule has 0 saturated heterocycles. The molecule has 4 rings (SSSR count). The molecule has 2 N–H and O–H groups in total. The Labute approximate surface area is 219 Å². The number of Topliss-reactive ketones (excluding diaryl/α,β-unsaturated/α-hetero) is 1. The minimum absolute atomic E-state index is 0.0372.